The monoisotopic (exact) mass is 215 g/mol. The summed E-state index contributed by atoms with van der Waals surface area (Å²) in [4.78, 5) is 4.62. The smallest absolute Gasteiger partial charge is 0.106 e. The molecule has 1 heterocycles. The van der Waals surface area contributed by atoms with E-state index < -0.39 is 0 Å². The van der Waals surface area contributed by atoms with Gasteiger partial charge < -0.3 is 10.3 Å². The average Bonchev–Trinajstić information content (AvgIpc) is 3.00. The number of aromatic nitrogens is 2. The fourth-order valence-electron chi connectivity index (χ4n) is 2.31. The largest absolute Gasteiger partial charge is 0.325 e. The molecule has 1 unspecified atom stereocenters. The summed E-state index contributed by atoms with van der Waals surface area (Å²) in [5.41, 5.74) is 9.38. The molecule has 3 nitrogen and oxygen atoms in total. The number of hydrogen-bond acceptors (Lipinski definition) is 2. The van der Waals surface area contributed by atoms with Gasteiger partial charge in [0.1, 0.15) is 5.82 Å². The Morgan fingerprint density at radius 1 is 1.44 bits per heavy atom. The Hall–Kier alpha value is -1.35. The van der Waals surface area contributed by atoms with E-state index in [2.05, 4.69) is 34.7 Å². The highest BCUT2D eigenvalue weighted by Crippen LogP contribution is 2.38. The molecule has 0 spiro atoms. The third-order valence-electron chi connectivity index (χ3n) is 3.33. The number of rotatable bonds is 2. The summed E-state index contributed by atoms with van der Waals surface area (Å²) in [7, 11) is 0. The Labute approximate surface area is 95.3 Å². The van der Waals surface area contributed by atoms with Crippen LogP contribution in [0.1, 0.15) is 43.2 Å². The molecule has 3 heteroatoms. The van der Waals surface area contributed by atoms with E-state index >= 15 is 0 Å². The lowest BCUT2D eigenvalue weighted by Crippen LogP contribution is -2.04. The number of aryl methyl sites for hydroxylation is 1. The summed E-state index contributed by atoms with van der Waals surface area (Å²) >= 11 is 0. The van der Waals surface area contributed by atoms with E-state index in [-0.39, 0.29) is 6.04 Å². The van der Waals surface area contributed by atoms with Crippen LogP contribution in [0.2, 0.25) is 0 Å². The summed E-state index contributed by atoms with van der Waals surface area (Å²) in [6.07, 6.45) is 2.59. The minimum Gasteiger partial charge on any atom is -0.325 e. The van der Waals surface area contributed by atoms with Crippen molar-refractivity contribution in [2.75, 3.05) is 0 Å². The molecule has 0 amide bonds. The van der Waals surface area contributed by atoms with Gasteiger partial charge in [0.15, 0.2) is 0 Å². The second kappa shape index (κ2) is 3.32. The summed E-state index contributed by atoms with van der Waals surface area (Å²) in [6.45, 7) is 4.09. The first-order valence-electron chi connectivity index (χ1n) is 5.91. The van der Waals surface area contributed by atoms with Crippen LogP contribution in [0.4, 0.5) is 0 Å². The van der Waals surface area contributed by atoms with Crippen molar-refractivity contribution in [2.45, 2.75) is 38.8 Å². The molecule has 3 rings (SSSR count). The molecule has 0 saturated heterocycles. The fraction of sp³-hybridized carbons (Fsp3) is 0.462. The lowest BCUT2D eigenvalue weighted by atomic mass is 10.1. The number of fused-ring (bicyclic) bond motifs is 1. The van der Waals surface area contributed by atoms with Crippen LogP contribution < -0.4 is 5.73 Å². The van der Waals surface area contributed by atoms with Crippen molar-refractivity contribution in [3.8, 4) is 0 Å². The van der Waals surface area contributed by atoms with Gasteiger partial charge in [0, 0.05) is 12.1 Å². The third-order valence-corrected chi connectivity index (χ3v) is 3.33. The van der Waals surface area contributed by atoms with Gasteiger partial charge in [0.2, 0.25) is 0 Å². The molecule has 1 aromatic carbocycles. The molecular weight excluding hydrogens is 198 g/mol. The molecule has 0 aliphatic heterocycles. The van der Waals surface area contributed by atoms with Gasteiger partial charge in [-0.1, -0.05) is 6.07 Å². The average molecular weight is 215 g/mol. The van der Waals surface area contributed by atoms with Crippen LogP contribution in [0.25, 0.3) is 11.0 Å². The van der Waals surface area contributed by atoms with Crippen molar-refractivity contribution >= 4 is 11.0 Å². The maximum absolute atomic E-state index is 5.89. The van der Waals surface area contributed by atoms with Gasteiger partial charge in [-0.25, -0.2) is 4.98 Å². The van der Waals surface area contributed by atoms with Crippen LogP contribution >= 0.6 is 0 Å². The first-order chi connectivity index (χ1) is 7.66. The van der Waals surface area contributed by atoms with Crippen molar-refractivity contribution in [1.29, 1.82) is 0 Å². The zero-order valence-electron chi connectivity index (χ0n) is 9.77. The Kier molecular flexibility index (Phi) is 2.04. The molecule has 1 saturated carbocycles. The van der Waals surface area contributed by atoms with Crippen LogP contribution in [0, 0.1) is 6.92 Å². The number of imidazole rings is 1. The summed E-state index contributed by atoms with van der Waals surface area (Å²) in [6, 6.07) is 7.16. The lowest BCUT2D eigenvalue weighted by molar-refractivity contribution is 0.734. The molecule has 1 fully saturated rings. The standard InChI is InChI=1S/C13H17N3/c1-8(14)10-3-6-13-12(7-10)15-9(2)16(13)11-4-5-11/h3,6-8,11H,4-5,14H2,1-2H3. The molecule has 2 N–H and O–H groups in total. The van der Waals surface area contributed by atoms with Crippen LogP contribution in [0.15, 0.2) is 18.2 Å². The summed E-state index contributed by atoms with van der Waals surface area (Å²) in [5.74, 6) is 1.12. The van der Waals surface area contributed by atoms with Crippen LogP contribution in [0.5, 0.6) is 0 Å². The highest BCUT2D eigenvalue weighted by atomic mass is 15.1. The molecule has 1 aromatic heterocycles. The minimum absolute atomic E-state index is 0.0794. The van der Waals surface area contributed by atoms with Crippen molar-refractivity contribution in [2.24, 2.45) is 5.73 Å². The van der Waals surface area contributed by atoms with E-state index in [0.29, 0.717) is 6.04 Å². The predicted octanol–water partition coefficient (Wildman–Crippen LogP) is 2.70. The van der Waals surface area contributed by atoms with E-state index in [1.165, 1.54) is 18.4 Å². The maximum atomic E-state index is 5.89. The fourth-order valence-corrected chi connectivity index (χ4v) is 2.31. The van der Waals surface area contributed by atoms with E-state index in [1.807, 2.05) is 6.92 Å². The second-order valence-corrected chi connectivity index (χ2v) is 4.80. The molecular formula is C13H17N3. The Balaban J connectivity index is 2.19. The highest BCUT2D eigenvalue weighted by molar-refractivity contribution is 5.77. The molecule has 16 heavy (non-hydrogen) atoms. The predicted molar refractivity (Wildman–Crippen MR) is 65.3 cm³/mol. The van der Waals surface area contributed by atoms with E-state index in [9.17, 15) is 0 Å². The molecule has 1 atom stereocenters. The van der Waals surface area contributed by atoms with Crippen molar-refractivity contribution in [1.82, 2.24) is 9.55 Å². The molecule has 1 aliphatic rings. The van der Waals surface area contributed by atoms with Gasteiger partial charge >= 0.3 is 0 Å². The van der Waals surface area contributed by atoms with Crippen molar-refractivity contribution < 1.29 is 0 Å². The van der Waals surface area contributed by atoms with E-state index in [4.69, 9.17) is 5.73 Å². The molecule has 0 radical (unpaired) electrons. The van der Waals surface area contributed by atoms with Gasteiger partial charge in [-0.3, -0.25) is 0 Å². The maximum Gasteiger partial charge on any atom is 0.106 e. The van der Waals surface area contributed by atoms with Crippen LogP contribution in [-0.2, 0) is 0 Å². The number of hydrogen-bond donors (Lipinski definition) is 1. The molecule has 2 aromatic rings. The van der Waals surface area contributed by atoms with Crippen LogP contribution in [0.3, 0.4) is 0 Å². The Morgan fingerprint density at radius 2 is 2.19 bits per heavy atom. The van der Waals surface area contributed by atoms with Crippen molar-refractivity contribution in [3.05, 3.63) is 29.6 Å². The van der Waals surface area contributed by atoms with Gasteiger partial charge in [-0.2, -0.15) is 0 Å². The molecule has 84 valence electrons. The van der Waals surface area contributed by atoms with Gasteiger partial charge in [0.25, 0.3) is 0 Å². The number of nitrogens with zero attached hydrogens (tertiary/aromatic N) is 2. The minimum atomic E-state index is 0.0794. The molecule has 1 aliphatic carbocycles. The second-order valence-electron chi connectivity index (χ2n) is 4.80. The Bertz CT molecular complexity index is 535. The van der Waals surface area contributed by atoms with Gasteiger partial charge in [-0.15, -0.1) is 0 Å². The van der Waals surface area contributed by atoms with Gasteiger partial charge in [-0.05, 0) is 44.4 Å². The number of nitrogens with two attached hydrogens (primary N) is 1. The summed E-state index contributed by atoms with van der Waals surface area (Å²) < 4.78 is 2.36. The number of benzene rings is 1. The highest BCUT2D eigenvalue weighted by Gasteiger charge is 2.26. The molecule has 0 bridgehead atoms. The van der Waals surface area contributed by atoms with E-state index in [1.54, 1.807) is 0 Å². The SMILES string of the molecule is Cc1nc2cc(C(C)N)ccc2n1C1CC1. The van der Waals surface area contributed by atoms with Crippen LogP contribution in [-0.4, -0.2) is 9.55 Å². The first kappa shape index (κ1) is 9.85. The van der Waals surface area contributed by atoms with Crippen molar-refractivity contribution in [3.63, 3.8) is 0 Å². The third kappa shape index (κ3) is 1.43. The van der Waals surface area contributed by atoms with Gasteiger partial charge in [0.05, 0.1) is 11.0 Å². The quantitative estimate of drug-likeness (QED) is 0.837. The topological polar surface area (TPSA) is 43.8 Å². The zero-order valence-corrected chi connectivity index (χ0v) is 9.77. The summed E-state index contributed by atoms with van der Waals surface area (Å²) in [5, 5.41) is 0. The zero-order chi connectivity index (χ0) is 11.3. The lowest BCUT2D eigenvalue weighted by Gasteiger charge is -2.06. The first-order valence-corrected chi connectivity index (χ1v) is 5.91. The van der Waals surface area contributed by atoms with E-state index in [0.717, 1.165) is 16.9 Å². The normalized spacial score (nSPS) is 17.9. The Morgan fingerprint density at radius 3 is 2.81 bits per heavy atom.